The first kappa shape index (κ1) is 22.2. The molecule has 0 saturated carbocycles. The summed E-state index contributed by atoms with van der Waals surface area (Å²) in [6.07, 6.45) is -4.81. The van der Waals surface area contributed by atoms with E-state index in [1.807, 2.05) is 49.3 Å². The number of benzene rings is 2. The quantitative estimate of drug-likeness (QED) is 0.577. The molecule has 2 amide bonds. The van der Waals surface area contributed by atoms with Crippen molar-refractivity contribution >= 4 is 28.5 Å². The van der Waals surface area contributed by atoms with Crippen LogP contribution >= 0.6 is 0 Å². The van der Waals surface area contributed by atoms with Gasteiger partial charge in [0.05, 0.1) is 6.04 Å². The molecule has 2 N–H and O–H groups in total. The number of ether oxygens (including phenoxy) is 1. The maximum Gasteiger partial charge on any atom is 0.573 e. The first-order valence-electron chi connectivity index (χ1n) is 9.22. The molecule has 31 heavy (non-hydrogen) atoms. The van der Waals surface area contributed by atoms with Crippen LogP contribution in [-0.2, 0) is 9.59 Å². The lowest BCUT2D eigenvalue weighted by Crippen LogP contribution is -2.40. The van der Waals surface area contributed by atoms with Crippen LogP contribution in [0, 0.1) is 0 Å². The third-order valence-corrected chi connectivity index (χ3v) is 4.40. The lowest BCUT2D eigenvalue weighted by atomic mass is 10.2. The molecular formula is C21H20F3N3O4. The van der Waals surface area contributed by atoms with Crippen molar-refractivity contribution in [3.63, 3.8) is 0 Å². The van der Waals surface area contributed by atoms with Crippen molar-refractivity contribution in [3.05, 3.63) is 60.4 Å². The predicted molar refractivity (Wildman–Crippen MR) is 107 cm³/mol. The number of fused-ring (bicyclic) bond motifs is 1. The Kier molecular flexibility index (Phi) is 6.50. The number of furan rings is 1. The van der Waals surface area contributed by atoms with Crippen molar-refractivity contribution in [1.29, 1.82) is 0 Å². The third kappa shape index (κ3) is 5.98. The average molecular weight is 435 g/mol. The number of nitrogens with zero attached hydrogens (tertiary/aromatic N) is 1. The fourth-order valence-electron chi connectivity index (χ4n) is 2.90. The Labute approximate surface area is 175 Å². The van der Waals surface area contributed by atoms with E-state index in [0.29, 0.717) is 11.3 Å². The molecule has 3 aromatic rings. The van der Waals surface area contributed by atoms with E-state index in [0.717, 1.165) is 17.5 Å². The molecule has 2 aromatic carbocycles. The fourth-order valence-corrected chi connectivity index (χ4v) is 2.90. The molecule has 0 radical (unpaired) electrons. The van der Waals surface area contributed by atoms with E-state index in [2.05, 4.69) is 15.4 Å². The second kappa shape index (κ2) is 9.09. The Bertz CT molecular complexity index is 1030. The van der Waals surface area contributed by atoms with Crippen LogP contribution in [-0.4, -0.2) is 43.7 Å². The van der Waals surface area contributed by atoms with Gasteiger partial charge in [0.15, 0.2) is 0 Å². The van der Waals surface area contributed by atoms with Crippen LogP contribution in [0.25, 0.3) is 11.0 Å². The van der Waals surface area contributed by atoms with Gasteiger partial charge in [0.1, 0.15) is 17.1 Å². The van der Waals surface area contributed by atoms with E-state index in [9.17, 15) is 22.8 Å². The summed E-state index contributed by atoms with van der Waals surface area (Å²) >= 11 is 0. The maximum atomic E-state index is 12.2. The van der Waals surface area contributed by atoms with Crippen molar-refractivity contribution in [3.8, 4) is 5.75 Å². The molecule has 0 aliphatic carbocycles. The Balaban J connectivity index is 1.58. The Hall–Kier alpha value is -3.53. The standard InChI is InChI=1S/C21H20F3N3O4/c1-27(2)16(18-11-13-5-3-4-6-17(13)30-18)12-25-19(28)20(29)26-14-7-9-15(10-8-14)31-21(22,23)24/h3-11,16H,12H2,1-2H3,(H,25,28)(H,26,29)/t16-/m0/s1. The molecule has 1 heterocycles. The van der Waals surface area contributed by atoms with E-state index >= 15 is 0 Å². The molecule has 0 fully saturated rings. The molecule has 0 spiro atoms. The van der Waals surface area contributed by atoms with Crippen LogP contribution in [0.2, 0.25) is 0 Å². The van der Waals surface area contributed by atoms with Gasteiger partial charge >= 0.3 is 18.2 Å². The van der Waals surface area contributed by atoms with Gasteiger partial charge in [-0.1, -0.05) is 18.2 Å². The number of hydrogen-bond donors (Lipinski definition) is 2. The van der Waals surface area contributed by atoms with E-state index in [1.54, 1.807) is 0 Å². The molecule has 7 nitrogen and oxygen atoms in total. The predicted octanol–water partition coefficient (Wildman–Crippen LogP) is 3.69. The van der Waals surface area contributed by atoms with Gasteiger partial charge in [0, 0.05) is 17.6 Å². The van der Waals surface area contributed by atoms with Gasteiger partial charge in [-0.3, -0.25) is 14.5 Å². The molecule has 10 heteroatoms. The van der Waals surface area contributed by atoms with Gasteiger partial charge in [-0.25, -0.2) is 0 Å². The number of para-hydroxylation sites is 1. The SMILES string of the molecule is CN(C)[C@@H](CNC(=O)C(=O)Nc1ccc(OC(F)(F)F)cc1)c1cc2ccccc2o1. The topological polar surface area (TPSA) is 83.8 Å². The van der Waals surface area contributed by atoms with E-state index in [-0.39, 0.29) is 18.3 Å². The lowest BCUT2D eigenvalue weighted by Gasteiger charge is -2.22. The second-order valence-corrected chi connectivity index (χ2v) is 6.90. The average Bonchev–Trinajstić information content (AvgIpc) is 3.11. The lowest BCUT2D eigenvalue weighted by molar-refractivity contribution is -0.274. The molecule has 0 aliphatic rings. The zero-order valence-corrected chi connectivity index (χ0v) is 16.7. The number of carbonyl (C=O) groups is 2. The number of hydrogen-bond acceptors (Lipinski definition) is 5. The molecule has 164 valence electrons. The number of amides is 2. The van der Waals surface area contributed by atoms with Gasteiger partial charge in [-0.2, -0.15) is 0 Å². The maximum absolute atomic E-state index is 12.2. The molecule has 1 atom stereocenters. The number of nitrogens with one attached hydrogen (secondary N) is 2. The van der Waals surface area contributed by atoms with Crippen molar-refractivity contribution in [2.45, 2.75) is 12.4 Å². The van der Waals surface area contributed by atoms with Crippen LogP contribution in [0.3, 0.4) is 0 Å². The number of rotatable bonds is 6. The number of halogens is 3. The minimum Gasteiger partial charge on any atom is -0.459 e. The number of alkyl halides is 3. The van der Waals surface area contributed by atoms with Gasteiger partial charge in [-0.05, 0) is 50.5 Å². The van der Waals surface area contributed by atoms with Gasteiger partial charge < -0.3 is 19.8 Å². The first-order chi connectivity index (χ1) is 14.6. The number of anilines is 1. The van der Waals surface area contributed by atoms with E-state index < -0.39 is 23.9 Å². The van der Waals surface area contributed by atoms with Crippen LogP contribution in [0.4, 0.5) is 18.9 Å². The molecule has 0 bridgehead atoms. The Morgan fingerprint density at radius 1 is 1.06 bits per heavy atom. The van der Waals surface area contributed by atoms with Crippen LogP contribution < -0.4 is 15.4 Å². The van der Waals surface area contributed by atoms with Crippen molar-refractivity contribution < 1.29 is 31.9 Å². The molecule has 1 aromatic heterocycles. The van der Waals surface area contributed by atoms with Crippen LogP contribution in [0.15, 0.2) is 59.0 Å². The number of likely N-dealkylation sites (N-methyl/N-ethyl adjacent to an activating group) is 1. The summed E-state index contributed by atoms with van der Waals surface area (Å²) in [6.45, 7) is 0.109. The summed E-state index contributed by atoms with van der Waals surface area (Å²) in [5.74, 6) is -1.65. The summed E-state index contributed by atoms with van der Waals surface area (Å²) in [4.78, 5) is 26.1. The monoisotopic (exact) mass is 435 g/mol. The van der Waals surface area contributed by atoms with Crippen LogP contribution in [0.1, 0.15) is 11.8 Å². The summed E-state index contributed by atoms with van der Waals surface area (Å²) in [7, 11) is 3.63. The Morgan fingerprint density at radius 3 is 2.35 bits per heavy atom. The fraction of sp³-hybridized carbons (Fsp3) is 0.238. The summed E-state index contributed by atoms with van der Waals surface area (Å²) in [5, 5.41) is 5.79. The number of carbonyl (C=O) groups excluding carboxylic acids is 2. The summed E-state index contributed by atoms with van der Waals surface area (Å²) < 4.78 is 46.2. The highest BCUT2D eigenvalue weighted by molar-refractivity contribution is 6.39. The minimum atomic E-state index is -4.81. The minimum absolute atomic E-state index is 0.109. The highest BCUT2D eigenvalue weighted by Gasteiger charge is 2.31. The van der Waals surface area contributed by atoms with E-state index in [1.165, 1.54) is 12.1 Å². The van der Waals surface area contributed by atoms with E-state index in [4.69, 9.17) is 4.42 Å². The van der Waals surface area contributed by atoms with Crippen molar-refractivity contribution in [2.75, 3.05) is 26.0 Å². The van der Waals surface area contributed by atoms with Gasteiger partial charge in [-0.15, -0.1) is 13.2 Å². The molecular weight excluding hydrogens is 415 g/mol. The van der Waals surface area contributed by atoms with Crippen molar-refractivity contribution in [1.82, 2.24) is 10.2 Å². The van der Waals surface area contributed by atoms with Gasteiger partial charge in [0.2, 0.25) is 0 Å². The first-order valence-corrected chi connectivity index (χ1v) is 9.22. The van der Waals surface area contributed by atoms with Gasteiger partial charge in [0.25, 0.3) is 0 Å². The van der Waals surface area contributed by atoms with Crippen molar-refractivity contribution in [2.24, 2.45) is 0 Å². The third-order valence-electron chi connectivity index (χ3n) is 4.40. The largest absolute Gasteiger partial charge is 0.573 e. The molecule has 0 aliphatic heterocycles. The Morgan fingerprint density at radius 2 is 1.74 bits per heavy atom. The molecule has 0 unspecified atom stereocenters. The summed E-state index contributed by atoms with van der Waals surface area (Å²) in [5.41, 5.74) is 0.863. The molecule has 0 saturated heterocycles. The molecule has 3 rings (SSSR count). The zero-order valence-electron chi connectivity index (χ0n) is 16.7. The van der Waals surface area contributed by atoms with Crippen LogP contribution in [0.5, 0.6) is 5.75 Å². The zero-order chi connectivity index (χ0) is 22.6. The summed E-state index contributed by atoms with van der Waals surface area (Å²) in [6, 6.07) is 13.5. The normalized spacial score (nSPS) is 12.6. The smallest absolute Gasteiger partial charge is 0.459 e. The highest BCUT2D eigenvalue weighted by atomic mass is 19.4. The second-order valence-electron chi connectivity index (χ2n) is 6.90. The highest BCUT2D eigenvalue weighted by Crippen LogP contribution is 2.26.